The average Bonchev–Trinajstić information content (AvgIpc) is 2.39. The zero-order valence-corrected chi connectivity index (χ0v) is 11.1. The molecular formula is C15H21NO2. The molecule has 1 rings (SSSR count). The summed E-state index contributed by atoms with van der Waals surface area (Å²) < 4.78 is 4.86. The molecule has 0 aliphatic carbocycles. The minimum absolute atomic E-state index is 0.126. The normalized spacial score (nSPS) is 10.6. The molecule has 18 heavy (non-hydrogen) atoms. The van der Waals surface area contributed by atoms with Gasteiger partial charge in [0.25, 0.3) is 0 Å². The maximum Gasteiger partial charge on any atom is 0.306 e. The number of esters is 1. The first-order chi connectivity index (χ1) is 8.74. The molecule has 98 valence electrons. The molecule has 0 unspecified atom stereocenters. The highest BCUT2D eigenvalue weighted by Crippen LogP contribution is 2.10. The van der Waals surface area contributed by atoms with E-state index in [1.54, 1.807) is 0 Å². The third kappa shape index (κ3) is 5.53. The Hall–Kier alpha value is -1.77. The van der Waals surface area contributed by atoms with Gasteiger partial charge >= 0.3 is 5.97 Å². The molecule has 0 aliphatic heterocycles. The fraction of sp³-hybridized carbons (Fsp3) is 0.400. The van der Waals surface area contributed by atoms with Crippen LogP contribution in [0.3, 0.4) is 0 Å². The van der Waals surface area contributed by atoms with Crippen LogP contribution >= 0.6 is 0 Å². The molecule has 0 atom stereocenters. The van der Waals surface area contributed by atoms with Crippen molar-refractivity contribution in [1.82, 2.24) is 0 Å². The number of carbonyl (C=O) groups is 1. The molecule has 3 nitrogen and oxygen atoms in total. The van der Waals surface area contributed by atoms with E-state index in [9.17, 15) is 4.79 Å². The quantitative estimate of drug-likeness (QED) is 0.548. The van der Waals surface area contributed by atoms with Crippen LogP contribution < -0.4 is 4.90 Å². The van der Waals surface area contributed by atoms with E-state index in [1.165, 1.54) is 5.69 Å². The third-order valence-electron chi connectivity index (χ3n) is 2.56. The lowest BCUT2D eigenvalue weighted by atomic mass is 10.2. The molecule has 0 amide bonds. The van der Waals surface area contributed by atoms with Crippen LogP contribution in [0.2, 0.25) is 0 Å². The fourth-order valence-corrected chi connectivity index (χ4v) is 1.57. The Balaban J connectivity index is 2.22. The summed E-state index contributed by atoms with van der Waals surface area (Å²) in [6.45, 7) is 3.12. The lowest BCUT2D eigenvalue weighted by Gasteiger charge is -2.16. The number of hydrogen-bond donors (Lipinski definition) is 0. The van der Waals surface area contributed by atoms with Gasteiger partial charge in [-0.15, -0.1) is 0 Å². The minimum Gasteiger partial charge on any atom is -0.466 e. The molecule has 1 aromatic carbocycles. The van der Waals surface area contributed by atoms with Crippen LogP contribution in [0.1, 0.15) is 19.8 Å². The topological polar surface area (TPSA) is 29.5 Å². The van der Waals surface area contributed by atoms with Gasteiger partial charge in [-0.1, -0.05) is 30.4 Å². The van der Waals surface area contributed by atoms with Crippen molar-refractivity contribution < 1.29 is 9.53 Å². The molecule has 0 N–H and O–H groups in total. The Kier molecular flexibility index (Phi) is 6.62. The molecule has 3 heteroatoms. The largest absolute Gasteiger partial charge is 0.466 e. The van der Waals surface area contributed by atoms with Crippen molar-refractivity contribution in [3.63, 3.8) is 0 Å². The molecule has 0 saturated heterocycles. The SMILES string of the molecule is CCOC(=O)CC/C=C/CN(C)c1ccccc1. The lowest BCUT2D eigenvalue weighted by molar-refractivity contribution is -0.142. The summed E-state index contributed by atoms with van der Waals surface area (Å²) in [5.41, 5.74) is 1.19. The molecule has 0 heterocycles. The monoisotopic (exact) mass is 247 g/mol. The first-order valence-corrected chi connectivity index (χ1v) is 6.31. The summed E-state index contributed by atoms with van der Waals surface area (Å²) in [7, 11) is 2.05. The Morgan fingerprint density at radius 3 is 2.67 bits per heavy atom. The van der Waals surface area contributed by atoms with Crippen LogP contribution in [0.5, 0.6) is 0 Å². The van der Waals surface area contributed by atoms with E-state index in [-0.39, 0.29) is 5.97 Å². The number of carbonyl (C=O) groups excluding carboxylic acids is 1. The van der Waals surface area contributed by atoms with E-state index in [2.05, 4.69) is 23.1 Å². The Bertz CT molecular complexity index is 373. The van der Waals surface area contributed by atoms with Gasteiger partial charge < -0.3 is 9.64 Å². The Morgan fingerprint density at radius 1 is 1.28 bits per heavy atom. The van der Waals surface area contributed by atoms with Gasteiger partial charge in [-0.3, -0.25) is 4.79 Å². The smallest absolute Gasteiger partial charge is 0.306 e. The number of anilines is 1. The van der Waals surface area contributed by atoms with Crippen molar-refractivity contribution in [2.75, 3.05) is 25.1 Å². The lowest BCUT2D eigenvalue weighted by Crippen LogP contribution is -2.16. The van der Waals surface area contributed by atoms with Gasteiger partial charge in [-0.25, -0.2) is 0 Å². The van der Waals surface area contributed by atoms with Crippen LogP contribution in [0.25, 0.3) is 0 Å². The van der Waals surface area contributed by atoms with Crippen molar-refractivity contribution in [1.29, 1.82) is 0 Å². The standard InChI is InChI=1S/C15H21NO2/c1-3-18-15(17)12-8-5-9-13-16(2)14-10-6-4-7-11-14/h4-7,9-11H,3,8,12-13H2,1-2H3/b9-5+. The number of benzene rings is 1. The van der Waals surface area contributed by atoms with Gasteiger partial charge in [0.2, 0.25) is 0 Å². The van der Waals surface area contributed by atoms with E-state index in [0.717, 1.165) is 13.0 Å². The van der Waals surface area contributed by atoms with Gasteiger partial charge in [-0.05, 0) is 25.5 Å². The zero-order chi connectivity index (χ0) is 13.2. The van der Waals surface area contributed by atoms with Crippen molar-refractivity contribution in [2.24, 2.45) is 0 Å². The maximum atomic E-state index is 11.1. The van der Waals surface area contributed by atoms with Gasteiger partial charge in [0.1, 0.15) is 0 Å². The van der Waals surface area contributed by atoms with Crippen molar-refractivity contribution in [3.05, 3.63) is 42.5 Å². The highest BCUT2D eigenvalue weighted by Gasteiger charge is 1.98. The van der Waals surface area contributed by atoms with Crippen molar-refractivity contribution >= 4 is 11.7 Å². The molecule has 0 saturated carbocycles. The molecule has 0 aromatic heterocycles. The fourth-order valence-electron chi connectivity index (χ4n) is 1.57. The Morgan fingerprint density at radius 2 is 2.00 bits per heavy atom. The molecule has 0 aliphatic rings. The summed E-state index contributed by atoms with van der Waals surface area (Å²) in [5.74, 6) is -0.126. The first kappa shape index (κ1) is 14.3. The van der Waals surface area contributed by atoms with E-state index >= 15 is 0 Å². The summed E-state index contributed by atoms with van der Waals surface area (Å²) in [5, 5.41) is 0. The van der Waals surface area contributed by atoms with Gasteiger partial charge in [0.05, 0.1) is 6.61 Å². The van der Waals surface area contributed by atoms with Gasteiger partial charge in [0, 0.05) is 25.7 Å². The Labute approximate surface area is 109 Å². The van der Waals surface area contributed by atoms with Gasteiger partial charge in [-0.2, -0.15) is 0 Å². The molecule has 1 aromatic rings. The summed E-state index contributed by atoms with van der Waals surface area (Å²) >= 11 is 0. The molecule has 0 spiro atoms. The number of rotatable bonds is 7. The first-order valence-electron chi connectivity index (χ1n) is 6.31. The second-order valence-electron chi connectivity index (χ2n) is 4.03. The summed E-state index contributed by atoms with van der Waals surface area (Å²) in [6, 6.07) is 10.2. The van der Waals surface area contributed by atoms with Crippen LogP contribution in [0.4, 0.5) is 5.69 Å². The van der Waals surface area contributed by atoms with E-state index in [1.807, 2.05) is 38.2 Å². The molecule has 0 bridgehead atoms. The maximum absolute atomic E-state index is 11.1. The number of nitrogens with zero attached hydrogens (tertiary/aromatic N) is 1. The number of likely N-dealkylation sites (N-methyl/N-ethyl adjacent to an activating group) is 1. The van der Waals surface area contributed by atoms with Crippen LogP contribution in [0, 0.1) is 0 Å². The number of para-hydroxylation sites is 1. The van der Waals surface area contributed by atoms with Crippen molar-refractivity contribution in [2.45, 2.75) is 19.8 Å². The third-order valence-corrected chi connectivity index (χ3v) is 2.56. The van der Waals surface area contributed by atoms with E-state index in [4.69, 9.17) is 4.74 Å². The van der Waals surface area contributed by atoms with Crippen LogP contribution in [-0.2, 0) is 9.53 Å². The highest BCUT2D eigenvalue weighted by molar-refractivity contribution is 5.69. The second-order valence-corrected chi connectivity index (χ2v) is 4.03. The van der Waals surface area contributed by atoms with Crippen LogP contribution in [0.15, 0.2) is 42.5 Å². The van der Waals surface area contributed by atoms with E-state index in [0.29, 0.717) is 13.0 Å². The van der Waals surface area contributed by atoms with Gasteiger partial charge in [0.15, 0.2) is 0 Å². The summed E-state index contributed by atoms with van der Waals surface area (Å²) in [4.78, 5) is 13.2. The predicted molar refractivity (Wildman–Crippen MR) is 74.7 cm³/mol. The number of hydrogen-bond acceptors (Lipinski definition) is 3. The molecule has 0 fully saturated rings. The average molecular weight is 247 g/mol. The zero-order valence-electron chi connectivity index (χ0n) is 11.1. The predicted octanol–water partition coefficient (Wildman–Crippen LogP) is 3.02. The number of ether oxygens (including phenoxy) is 1. The highest BCUT2D eigenvalue weighted by atomic mass is 16.5. The number of allylic oxidation sites excluding steroid dienone is 1. The van der Waals surface area contributed by atoms with Crippen LogP contribution in [-0.4, -0.2) is 26.2 Å². The second kappa shape index (κ2) is 8.34. The minimum atomic E-state index is -0.126. The molecule has 0 radical (unpaired) electrons. The van der Waals surface area contributed by atoms with E-state index < -0.39 is 0 Å². The summed E-state index contributed by atoms with van der Waals surface area (Å²) in [6.07, 6.45) is 5.30. The van der Waals surface area contributed by atoms with Crippen molar-refractivity contribution in [3.8, 4) is 0 Å². The molecular weight excluding hydrogens is 226 g/mol.